The molecule has 0 fully saturated rings. The minimum absolute atomic E-state index is 0.0268. The molecule has 204 valence electrons. The van der Waals surface area contributed by atoms with Crippen molar-refractivity contribution in [3.05, 3.63) is 65.2 Å². The van der Waals surface area contributed by atoms with Crippen molar-refractivity contribution in [2.24, 2.45) is 15.9 Å². The summed E-state index contributed by atoms with van der Waals surface area (Å²) in [4.78, 5) is 33.8. The summed E-state index contributed by atoms with van der Waals surface area (Å²) in [5, 5.41) is 16.0. The number of nitrogens with two attached hydrogens (primary N) is 1. The van der Waals surface area contributed by atoms with Gasteiger partial charge in [-0.3, -0.25) is 14.6 Å². The van der Waals surface area contributed by atoms with Gasteiger partial charge < -0.3 is 21.0 Å². The summed E-state index contributed by atoms with van der Waals surface area (Å²) in [6, 6.07) is 12.1. The van der Waals surface area contributed by atoms with Crippen LogP contribution in [0, 0.1) is 6.92 Å². The van der Waals surface area contributed by atoms with E-state index in [-0.39, 0.29) is 11.3 Å². The Kier molecular flexibility index (Phi) is 9.97. The lowest BCUT2D eigenvalue weighted by Crippen LogP contribution is -2.48. The average Bonchev–Trinajstić information content (AvgIpc) is 3.35. The summed E-state index contributed by atoms with van der Waals surface area (Å²) < 4.78 is 27.4. The summed E-state index contributed by atoms with van der Waals surface area (Å²) >= 11 is 0. The van der Waals surface area contributed by atoms with E-state index in [4.69, 9.17) is 10.6 Å². The van der Waals surface area contributed by atoms with Crippen molar-refractivity contribution < 1.29 is 28.0 Å². The molecule has 1 heterocycles. The first-order valence-electron chi connectivity index (χ1n) is 12.3. The predicted molar refractivity (Wildman–Crippen MR) is 144 cm³/mol. The van der Waals surface area contributed by atoms with E-state index in [2.05, 4.69) is 27.1 Å². The number of benzene rings is 2. The van der Waals surface area contributed by atoms with Crippen molar-refractivity contribution in [1.29, 1.82) is 0 Å². The number of hydrogen-bond donors (Lipinski definition) is 4. The van der Waals surface area contributed by atoms with Gasteiger partial charge in [-0.1, -0.05) is 61.0 Å². The molecule has 38 heavy (non-hydrogen) atoms. The molecule has 0 aliphatic carbocycles. The number of hydrogen-bond acceptors (Lipinski definition) is 7. The van der Waals surface area contributed by atoms with Gasteiger partial charge in [0.05, 0.1) is 17.0 Å². The molecule has 0 spiro atoms. The second-order valence-corrected chi connectivity index (χ2v) is 10.6. The smallest absolute Gasteiger partial charge is 0.323 e. The SMILES string of the molecule is CCCCN=C(N)c1ccc(C2=NO[C@@H](CC(=O)NC[C@H](NS(=O)(=O)c3ccccc3C)C(=O)O)C2)cc1. The van der Waals surface area contributed by atoms with Gasteiger partial charge in [0, 0.05) is 25.1 Å². The number of carbonyl (C=O) groups is 2. The summed E-state index contributed by atoms with van der Waals surface area (Å²) in [5.41, 5.74) is 8.81. The first-order valence-corrected chi connectivity index (χ1v) is 13.8. The number of rotatable bonds is 13. The van der Waals surface area contributed by atoms with Crippen molar-refractivity contribution in [1.82, 2.24) is 10.0 Å². The largest absolute Gasteiger partial charge is 0.480 e. The maximum Gasteiger partial charge on any atom is 0.323 e. The number of aliphatic imine (C=N–C) groups is 1. The number of unbranched alkanes of at least 4 members (excludes halogenated alkanes) is 1. The predicted octanol–water partition coefficient (Wildman–Crippen LogP) is 1.93. The Labute approximate surface area is 222 Å². The third-order valence-electron chi connectivity index (χ3n) is 5.94. The van der Waals surface area contributed by atoms with Crippen molar-refractivity contribution in [2.75, 3.05) is 13.1 Å². The Morgan fingerprint density at radius 2 is 1.92 bits per heavy atom. The van der Waals surface area contributed by atoms with E-state index in [0.717, 1.165) is 24.0 Å². The molecule has 1 amide bonds. The lowest BCUT2D eigenvalue weighted by atomic mass is 10.0. The summed E-state index contributed by atoms with van der Waals surface area (Å²) in [5.74, 6) is -1.42. The van der Waals surface area contributed by atoms with Crippen molar-refractivity contribution in [2.45, 2.75) is 56.6 Å². The minimum Gasteiger partial charge on any atom is -0.480 e. The van der Waals surface area contributed by atoms with Crippen molar-refractivity contribution in [3.63, 3.8) is 0 Å². The van der Waals surface area contributed by atoms with E-state index >= 15 is 0 Å². The summed E-state index contributed by atoms with van der Waals surface area (Å²) in [7, 11) is -4.10. The van der Waals surface area contributed by atoms with Gasteiger partial charge in [-0.15, -0.1) is 0 Å². The van der Waals surface area contributed by atoms with Crippen LogP contribution < -0.4 is 15.8 Å². The fraction of sp³-hybridized carbons (Fsp3) is 0.385. The molecule has 5 N–H and O–H groups in total. The fourth-order valence-corrected chi connectivity index (χ4v) is 5.21. The van der Waals surface area contributed by atoms with Crippen LogP contribution in [0.4, 0.5) is 0 Å². The third kappa shape index (κ3) is 7.86. The zero-order valence-electron chi connectivity index (χ0n) is 21.4. The van der Waals surface area contributed by atoms with Crippen LogP contribution in [0.1, 0.15) is 49.3 Å². The molecule has 0 unspecified atom stereocenters. The molecule has 1 aliphatic heterocycles. The molecule has 11 nitrogen and oxygen atoms in total. The zero-order chi connectivity index (χ0) is 27.7. The first kappa shape index (κ1) is 28.8. The molecule has 0 saturated carbocycles. The summed E-state index contributed by atoms with van der Waals surface area (Å²) in [6.07, 6.45) is 1.80. The fourth-order valence-electron chi connectivity index (χ4n) is 3.77. The van der Waals surface area contributed by atoms with E-state index < -0.39 is 40.6 Å². The highest BCUT2D eigenvalue weighted by molar-refractivity contribution is 7.89. The number of sulfonamides is 1. The number of oxime groups is 1. The molecule has 1 aliphatic rings. The number of aryl methyl sites for hydroxylation is 1. The molecular weight excluding hydrogens is 510 g/mol. The molecule has 0 bridgehead atoms. The number of amidine groups is 1. The molecule has 0 saturated heterocycles. The Morgan fingerprint density at radius 3 is 2.58 bits per heavy atom. The highest BCUT2D eigenvalue weighted by Crippen LogP contribution is 2.20. The molecule has 0 aromatic heterocycles. The molecular formula is C26H33N5O6S. The van der Waals surface area contributed by atoms with Crippen LogP contribution >= 0.6 is 0 Å². The lowest BCUT2D eigenvalue weighted by Gasteiger charge is -2.17. The first-order chi connectivity index (χ1) is 18.1. The van der Waals surface area contributed by atoms with Crippen LogP contribution in [0.5, 0.6) is 0 Å². The van der Waals surface area contributed by atoms with Gasteiger partial charge in [0.25, 0.3) is 0 Å². The van der Waals surface area contributed by atoms with Crippen LogP contribution in [0.2, 0.25) is 0 Å². The van der Waals surface area contributed by atoms with E-state index in [9.17, 15) is 23.1 Å². The molecule has 12 heteroatoms. The quantitative estimate of drug-likeness (QED) is 0.170. The maximum absolute atomic E-state index is 12.6. The van der Waals surface area contributed by atoms with Crippen LogP contribution in [0.3, 0.4) is 0 Å². The van der Waals surface area contributed by atoms with Gasteiger partial charge in [0.2, 0.25) is 15.9 Å². The number of carbonyl (C=O) groups excluding carboxylic acids is 1. The Balaban J connectivity index is 1.50. The second-order valence-electron chi connectivity index (χ2n) is 8.95. The normalized spacial score (nSPS) is 16.4. The standard InChI is InChI=1S/C26H33N5O6S/c1-3-4-13-28-25(27)19-11-9-18(10-12-19)21-14-20(37-30-21)15-24(32)29-16-22(26(33)34)31-38(35,36)23-8-6-5-7-17(23)2/h5-12,20,22,31H,3-4,13-16H2,1-2H3,(H2,27,28)(H,29,32)(H,33,34)/t20-,22+/m1/s1. The van der Waals surface area contributed by atoms with Crippen LogP contribution in [0.15, 0.2) is 63.6 Å². The van der Waals surface area contributed by atoms with Crippen molar-refractivity contribution in [3.8, 4) is 0 Å². The van der Waals surface area contributed by atoms with E-state index in [0.29, 0.717) is 30.1 Å². The zero-order valence-corrected chi connectivity index (χ0v) is 22.2. The van der Waals surface area contributed by atoms with Gasteiger partial charge >= 0.3 is 5.97 Å². The minimum atomic E-state index is -4.10. The molecule has 3 rings (SSSR count). The highest BCUT2D eigenvalue weighted by atomic mass is 32.2. The second kappa shape index (κ2) is 13.2. The van der Waals surface area contributed by atoms with Gasteiger partial charge in [-0.2, -0.15) is 4.72 Å². The van der Waals surface area contributed by atoms with Crippen LogP contribution in [-0.4, -0.2) is 62.2 Å². The van der Waals surface area contributed by atoms with Gasteiger partial charge in [-0.05, 0) is 30.5 Å². The monoisotopic (exact) mass is 543 g/mol. The van der Waals surface area contributed by atoms with Gasteiger partial charge in [-0.25, -0.2) is 8.42 Å². The number of aliphatic carboxylic acids is 1. The van der Waals surface area contributed by atoms with Crippen LogP contribution in [0.25, 0.3) is 0 Å². The maximum atomic E-state index is 12.6. The number of amides is 1. The molecule has 2 aromatic carbocycles. The Hall–Kier alpha value is -3.77. The van der Waals surface area contributed by atoms with E-state index in [1.165, 1.54) is 6.07 Å². The van der Waals surface area contributed by atoms with Gasteiger partial charge in [0.1, 0.15) is 18.0 Å². The third-order valence-corrected chi connectivity index (χ3v) is 7.57. The summed E-state index contributed by atoms with van der Waals surface area (Å²) in [6.45, 7) is 3.95. The number of carboxylic acids is 1. The van der Waals surface area contributed by atoms with Crippen molar-refractivity contribution >= 4 is 33.4 Å². The molecule has 0 radical (unpaired) electrons. The number of carboxylic acid groups (broad SMARTS) is 1. The average molecular weight is 544 g/mol. The Morgan fingerprint density at radius 1 is 1.21 bits per heavy atom. The number of nitrogens with zero attached hydrogens (tertiary/aromatic N) is 2. The molecule has 2 aromatic rings. The van der Waals surface area contributed by atoms with E-state index in [1.807, 2.05) is 24.3 Å². The Bertz CT molecular complexity index is 1310. The van der Waals surface area contributed by atoms with E-state index in [1.54, 1.807) is 25.1 Å². The highest BCUT2D eigenvalue weighted by Gasteiger charge is 2.28. The van der Waals surface area contributed by atoms with Gasteiger partial charge in [0.15, 0.2) is 0 Å². The lowest BCUT2D eigenvalue weighted by molar-refractivity contribution is -0.138. The number of nitrogens with one attached hydrogen (secondary N) is 2. The molecule has 2 atom stereocenters. The van der Waals surface area contributed by atoms with Crippen LogP contribution in [-0.2, 0) is 24.4 Å². The topological polar surface area (TPSA) is 173 Å².